The van der Waals surface area contributed by atoms with Gasteiger partial charge in [0, 0.05) is 50.7 Å². The van der Waals surface area contributed by atoms with Gasteiger partial charge in [0.15, 0.2) is 0 Å². The van der Waals surface area contributed by atoms with Crippen LogP contribution in [0, 0.1) is 0 Å². The minimum absolute atomic E-state index is 0.0248. The van der Waals surface area contributed by atoms with E-state index in [9.17, 15) is 9.59 Å². The van der Waals surface area contributed by atoms with Crippen LogP contribution in [0.5, 0.6) is 0 Å². The SMILES string of the molecule is CC(=O)Nc1ccc(Nc2ccc(C(=O)N3CCN(C)CC3)cn2)cc1. The minimum Gasteiger partial charge on any atom is -0.340 e. The molecule has 1 aromatic heterocycles. The van der Waals surface area contributed by atoms with Crippen LogP contribution in [-0.4, -0.2) is 59.8 Å². The molecule has 0 bridgehead atoms. The van der Waals surface area contributed by atoms with E-state index in [1.165, 1.54) is 6.92 Å². The van der Waals surface area contributed by atoms with Gasteiger partial charge >= 0.3 is 0 Å². The van der Waals surface area contributed by atoms with Gasteiger partial charge in [-0.15, -0.1) is 0 Å². The van der Waals surface area contributed by atoms with Crippen molar-refractivity contribution in [3.63, 3.8) is 0 Å². The summed E-state index contributed by atoms with van der Waals surface area (Å²) in [7, 11) is 2.06. The monoisotopic (exact) mass is 353 g/mol. The highest BCUT2D eigenvalue weighted by atomic mass is 16.2. The van der Waals surface area contributed by atoms with Crippen LogP contribution in [-0.2, 0) is 4.79 Å². The van der Waals surface area contributed by atoms with Crippen LogP contribution in [0.2, 0.25) is 0 Å². The molecule has 0 atom stereocenters. The van der Waals surface area contributed by atoms with E-state index in [1.807, 2.05) is 29.2 Å². The lowest BCUT2D eigenvalue weighted by molar-refractivity contribution is -0.114. The normalized spacial score (nSPS) is 14.8. The van der Waals surface area contributed by atoms with Gasteiger partial charge in [0.1, 0.15) is 5.82 Å². The summed E-state index contributed by atoms with van der Waals surface area (Å²) in [4.78, 5) is 32.0. The fourth-order valence-corrected chi connectivity index (χ4v) is 2.77. The molecule has 1 fully saturated rings. The van der Waals surface area contributed by atoms with E-state index in [-0.39, 0.29) is 11.8 Å². The van der Waals surface area contributed by atoms with Crippen LogP contribution >= 0.6 is 0 Å². The van der Waals surface area contributed by atoms with E-state index >= 15 is 0 Å². The smallest absolute Gasteiger partial charge is 0.255 e. The predicted octanol–water partition coefficient (Wildman–Crippen LogP) is 2.17. The Morgan fingerprint density at radius 2 is 1.62 bits per heavy atom. The number of nitrogens with zero attached hydrogens (tertiary/aromatic N) is 3. The van der Waals surface area contributed by atoms with Gasteiger partial charge in [-0.25, -0.2) is 4.98 Å². The summed E-state index contributed by atoms with van der Waals surface area (Å²) >= 11 is 0. The highest BCUT2D eigenvalue weighted by Crippen LogP contribution is 2.18. The number of amides is 2. The summed E-state index contributed by atoms with van der Waals surface area (Å²) < 4.78 is 0. The Balaban J connectivity index is 1.60. The number of carbonyl (C=O) groups excluding carboxylic acids is 2. The highest BCUT2D eigenvalue weighted by Gasteiger charge is 2.20. The van der Waals surface area contributed by atoms with Crippen molar-refractivity contribution in [2.75, 3.05) is 43.9 Å². The molecule has 0 radical (unpaired) electrons. The lowest BCUT2D eigenvalue weighted by Gasteiger charge is -2.32. The third-order valence-electron chi connectivity index (χ3n) is 4.28. The molecule has 136 valence electrons. The Labute approximate surface area is 153 Å². The number of nitrogens with one attached hydrogen (secondary N) is 2. The van der Waals surface area contributed by atoms with Crippen molar-refractivity contribution in [2.24, 2.45) is 0 Å². The fourth-order valence-electron chi connectivity index (χ4n) is 2.77. The fraction of sp³-hybridized carbons (Fsp3) is 0.316. The zero-order valence-electron chi connectivity index (χ0n) is 15.0. The molecule has 0 unspecified atom stereocenters. The average molecular weight is 353 g/mol. The third kappa shape index (κ3) is 4.58. The zero-order valence-corrected chi connectivity index (χ0v) is 15.0. The number of carbonyl (C=O) groups is 2. The van der Waals surface area contributed by atoms with Gasteiger partial charge in [0.05, 0.1) is 5.56 Å². The van der Waals surface area contributed by atoms with E-state index in [0.29, 0.717) is 11.4 Å². The molecule has 0 aliphatic carbocycles. The summed E-state index contributed by atoms with van der Waals surface area (Å²) in [5.41, 5.74) is 2.19. The first-order valence-corrected chi connectivity index (χ1v) is 8.60. The van der Waals surface area contributed by atoms with Crippen LogP contribution in [0.4, 0.5) is 17.2 Å². The van der Waals surface area contributed by atoms with Crippen molar-refractivity contribution < 1.29 is 9.59 Å². The first-order chi connectivity index (χ1) is 12.5. The molecule has 7 nitrogen and oxygen atoms in total. The molecule has 1 saturated heterocycles. The maximum Gasteiger partial charge on any atom is 0.255 e. The molecule has 2 heterocycles. The number of anilines is 3. The standard InChI is InChI=1S/C19H23N5O2/c1-14(25)21-16-4-6-17(7-5-16)22-18-8-3-15(13-20-18)19(26)24-11-9-23(2)10-12-24/h3-8,13H,9-12H2,1-2H3,(H,20,22)(H,21,25). The first-order valence-electron chi connectivity index (χ1n) is 8.60. The van der Waals surface area contributed by atoms with Crippen LogP contribution in [0.3, 0.4) is 0 Å². The average Bonchev–Trinajstić information content (AvgIpc) is 2.64. The predicted molar refractivity (Wildman–Crippen MR) is 102 cm³/mol. The largest absolute Gasteiger partial charge is 0.340 e. The number of hydrogen-bond acceptors (Lipinski definition) is 5. The van der Waals surface area contributed by atoms with E-state index in [4.69, 9.17) is 0 Å². The molecule has 3 rings (SSSR count). The van der Waals surface area contributed by atoms with Crippen molar-refractivity contribution in [1.29, 1.82) is 0 Å². The summed E-state index contributed by atoms with van der Waals surface area (Å²) in [5, 5.41) is 5.90. The summed E-state index contributed by atoms with van der Waals surface area (Å²) in [6.07, 6.45) is 1.61. The van der Waals surface area contributed by atoms with Crippen molar-refractivity contribution in [3.05, 3.63) is 48.2 Å². The lowest BCUT2D eigenvalue weighted by Crippen LogP contribution is -2.47. The lowest BCUT2D eigenvalue weighted by atomic mass is 10.2. The van der Waals surface area contributed by atoms with Crippen LogP contribution in [0.15, 0.2) is 42.6 Å². The quantitative estimate of drug-likeness (QED) is 0.881. The van der Waals surface area contributed by atoms with Crippen molar-refractivity contribution in [1.82, 2.24) is 14.8 Å². The number of hydrogen-bond donors (Lipinski definition) is 2. The molecule has 7 heteroatoms. The molecule has 2 aromatic rings. The molecule has 1 aliphatic rings. The highest BCUT2D eigenvalue weighted by molar-refractivity contribution is 5.94. The van der Waals surface area contributed by atoms with Crippen molar-refractivity contribution in [3.8, 4) is 0 Å². The van der Waals surface area contributed by atoms with Crippen LogP contribution in [0.1, 0.15) is 17.3 Å². The van der Waals surface area contributed by atoms with Crippen molar-refractivity contribution >= 4 is 29.0 Å². The second-order valence-corrected chi connectivity index (χ2v) is 6.41. The molecule has 0 spiro atoms. The molecule has 1 aromatic carbocycles. The summed E-state index contributed by atoms with van der Waals surface area (Å²) in [5.74, 6) is 0.581. The molecular weight excluding hydrogens is 330 g/mol. The Bertz CT molecular complexity index is 766. The number of piperazine rings is 1. The number of aromatic nitrogens is 1. The maximum atomic E-state index is 12.5. The van der Waals surface area contributed by atoms with E-state index in [1.54, 1.807) is 18.3 Å². The summed E-state index contributed by atoms with van der Waals surface area (Å²) in [6.45, 7) is 4.76. The van der Waals surface area contributed by atoms with Gasteiger partial charge in [-0.05, 0) is 43.4 Å². The van der Waals surface area contributed by atoms with Crippen LogP contribution < -0.4 is 10.6 Å². The van der Waals surface area contributed by atoms with E-state index in [0.717, 1.165) is 37.6 Å². The molecular formula is C19H23N5O2. The Hall–Kier alpha value is -2.93. The van der Waals surface area contributed by atoms with Crippen LogP contribution in [0.25, 0.3) is 0 Å². The number of rotatable bonds is 4. The second-order valence-electron chi connectivity index (χ2n) is 6.41. The third-order valence-corrected chi connectivity index (χ3v) is 4.28. The topological polar surface area (TPSA) is 77.6 Å². The van der Waals surface area contributed by atoms with Gasteiger partial charge in [-0.3, -0.25) is 9.59 Å². The minimum atomic E-state index is -0.104. The van der Waals surface area contributed by atoms with E-state index < -0.39 is 0 Å². The Kier molecular flexibility index (Phi) is 5.48. The number of benzene rings is 1. The van der Waals surface area contributed by atoms with Crippen molar-refractivity contribution in [2.45, 2.75) is 6.92 Å². The first kappa shape index (κ1) is 17.9. The number of likely N-dealkylation sites (N-methyl/N-ethyl adjacent to an activating group) is 1. The summed E-state index contributed by atoms with van der Waals surface area (Å²) in [6, 6.07) is 10.9. The van der Waals surface area contributed by atoms with Gasteiger partial charge in [0.2, 0.25) is 5.91 Å². The molecule has 2 N–H and O–H groups in total. The van der Waals surface area contributed by atoms with Gasteiger partial charge < -0.3 is 20.4 Å². The molecule has 2 amide bonds. The van der Waals surface area contributed by atoms with E-state index in [2.05, 4.69) is 27.6 Å². The zero-order chi connectivity index (χ0) is 18.5. The molecule has 0 saturated carbocycles. The second kappa shape index (κ2) is 7.97. The molecule has 26 heavy (non-hydrogen) atoms. The van der Waals surface area contributed by atoms with Gasteiger partial charge in [-0.2, -0.15) is 0 Å². The van der Waals surface area contributed by atoms with Gasteiger partial charge in [-0.1, -0.05) is 0 Å². The maximum absolute atomic E-state index is 12.5. The Morgan fingerprint density at radius 1 is 0.962 bits per heavy atom. The van der Waals surface area contributed by atoms with Gasteiger partial charge in [0.25, 0.3) is 5.91 Å². The number of pyridine rings is 1. The Morgan fingerprint density at radius 3 is 2.19 bits per heavy atom. The molecule has 1 aliphatic heterocycles.